The van der Waals surface area contributed by atoms with Crippen molar-refractivity contribution in [3.63, 3.8) is 0 Å². The highest BCUT2D eigenvalue weighted by Gasteiger charge is 2.30. The van der Waals surface area contributed by atoms with Crippen LogP contribution >= 0.6 is 0 Å². The fourth-order valence-corrected chi connectivity index (χ4v) is 1.52. The van der Waals surface area contributed by atoms with Crippen LogP contribution in [0.25, 0.3) is 0 Å². The van der Waals surface area contributed by atoms with Crippen molar-refractivity contribution in [3.8, 4) is 0 Å². The van der Waals surface area contributed by atoms with Crippen LogP contribution in [-0.4, -0.2) is 26.7 Å². The minimum atomic E-state index is -4.39. The molecule has 0 fully saturated rings. The van der Waals surface area contributed by atoms with Crippen molar-refractivity contribution in [3.05, 3.63) is 35.4 Å². The summed E-state index contributed by atoms with van der Waals surface area (Å²) in [6.07, 6.45) is -4.46. The van der Waals surface area contributed by atoms with E-state index in [0.29, 0.717) is 5.56 Å². The molecule has 0 amide bonds. The molecule has 1 rings (SSSR count). The monoisotopic (exact) mass is 266 g/mol. The van der Waals surface area contributed by atoms with Gasteiger partial charge in [0.05, 0.1) is 5.56 Å². The molecular weight excluding hydrogens is 253 g/mol. The Kier molecular flexibility index (Phi) is 4.31. The molecule has 0 aliphatic carbocycles. The average molecular weight is 266 g/mol. The third-order valence-electron chi connectivity index (χ3n) is 2.32. The number of alkyl halides is 3. The Morgan fingerprint density at radius 2 is 1.88 bits per heavy atom. The maximum absolute atomic E-state index is 12.4. The number of hydrogen-bond acceptors (Lipinski definition) is 3. The lowest BCUT2D eigenvalue weighted by Gasteiger charge is -2.19. The van der Waals surface area contributed by atoms with Gasteiger partial charge in [0.25, 0.3) is 5.97 Å². The topological polar surface area (TPSA) is 49.7 Å². The van der Waals surface area contributed by atoms with Gasteiger partial charge in [-0.2, -0.15) is 13.2 Å². The standard InChI is InChI=1S/C10H13F3O3Si/c11-10(12,13)8-3-1-2-7(6-8)4-5-9(14,15)16-17/h1-3,6,14-15H,4-5H2,17H3. The summed E-state index contributed by atoms with van der Waals surface area (Å²) in [5.41, 5.74) is -0.366. The molecule has 96 valence electrons. The molecule has 0 spiro atoms. The lowest BCUT2D eigenvalue weighted by atomic mass is 10.1. The molecule has 0 aromatic heterocycles. The first-order valence-electron chi connectivity index (χ1n) is 4.91. The molecule has 0 radical (unpaired) electrons. The molecule has 0 saturated heterocycles. The van der Waals surface area contributed by atoms with E-state index >= 15 is 0 Å². The van der Waals surface area contributed by atoms with Crippen molar-refractivity contribution in [2.45, 2.75) is 25.0 Å². The van der Waals surface area contributed by atoms with E-state index in [0.717, 1.165) is 12.1 Å². The lowest BCUT2D eigenvalue weighted by molar-refractivity contribution is -0.294. The molecule has 0 bridgehead atoms. The summed E-state index contributed by atoms with van der Waals surface area (Å²) in [6.45, 7) is 0. The minimum absolute atomic E-state index is 0.0964. The Labute approximate surface area is 99.4 Å². The van der Waals surface area contributed by atoms with Crippen LogP contribution in [-0.2, 0) is 17.0 Å². The first-order valence-corrected chi connectivity index (χ1v) is 5.72. The number of aliphatic hydroxyl groups is 2. The molecule has 0 unspecified atom stereocenters. The highest BCUT2D eigenvalue weighted by atomic mass is 28.2. The van der Waals surface area contributed by atoms with E-state index in [1.54, 1.807) is 0 Å². The van der Waals surface area contributed by atoms with Gasteiger partial charge in [0.15, 0.2) is 10.5 Å². The summed E-state index contributed by atoms with van der Waals surface area (Å²) < 4.78 is 41.7. The fraction of sp³-hybridized carbons (Fsp3) is 0.400. The van der Waals surface area contributed by atoms with Crippen molar-refractivity contribution < 1.29 is 27.8 Å². The number of benzene rings is 1. The zero-order valence-electron chi connectivity index (χ0n) is 9.16. The van der Waals surface area contributed by atoms with Gasteiger partial charge in [-0.15, -0.1) is 0 Å². The summed E-state index contributed by atoms with van der Waals surface area (Å²) >= 11 is 0. The zero-order valence-corrected chi connectivity index (χ0v) is 11.2. The molecular formula is C10H13F3O3Si. The second-order valence-corrected chi connectivity index (χ2v) is 4.05. The largest absolute Gasteiger partial charge is 0.416 e. The molecule has 7 heteroatoms. The van der Waals surface area contributed by atoms with Crippen LogP contribution in [0, 0.1) is 0 Å². The maximum atomic E-state index is 12.4. The van der Waals surface area contributed by atoms with E-state index in [2.05, 4.69) is 4.43 Å². The molecule has 2 N–H and O–H groups in total. The average Bonchev–Trinajstić information content (AvgIpc) is 2.26. The summed E-state index contributed by atoms with van der Waals surface area (Å²) in [5, 5.41) is 18.3. The van der Waals surface area contributed by atoms with Crippen LogP contribution in [0.4, 0.5) is 13.2 Å². The third-order valence-corrected chi connectivity index (χ3v) is 2.97. The summed E-state index contributed by atoms with van der Waals surface area (Å²) in [4.78, 5) is 0. The molecule has 0 aliphatic heterocycles. The van der Waals surface area contributed by atoms with Crippen LogP contribution in [0.2, 0.25) is 0 Å². The van der Waals surface area contributed by atoms with E-state index in [4.69, 9.17) is 10.2 Å². The number of halogens is 3. The van der Waals surface area contributed by atoms with Crippen molar-refractivity contribution in [2.24, 2.45) is 0 Å². The normalized spacial score (nSPS) is 13.0. The summed E-state index contributed by atoms with van der Waals surface area (Å²) in [7, 11) is 0.135. The Bertz CT molecular complexity index is 379. The van der Waals surface area contributed by atoms with Gasteiger partial charge in [0, 0.05) is 6.42 Å². The molecule has 1 aromatic rings. The van der Waals surface area contributed by atoms with E-state index in [1.165, 1.54) is 12.1 Å². The Balaban J connectivity index is 2.74. The molecule has 0 aliphatic rings. The van der Waals surface area contributed by atoms with Crippen molar-refractivity contribution in [1.29, 1.82) is 0 Å². The minimum Gasteiger partial charge on any atom is -0.381 e. The summed E-state index contributed by atoms with van der Waals surface area (Å²) in [6, 6.07) is 4.75. The maximum Gasteiger partial charge on any atom is 0.416 e. The fourth-order valence-electron chi connectivity index (χ4n) is 1.31. The first-order chi connectivity index (χ1) is 7.74. The van der Waals surface area contributed by atoms with Gasteiger partial charge in [0.2, 0.25) is 0 Å². The zero-order chi connectivity index (χ0) is 13.1. The van der Waals surface area contributed by atoms with Gasteiger partial charge in [0.1, 0.15) is 0 Å². The smallest absolute Gasteiger partial charge is 0.381 e. The predicted octanol–water partition coefficient (Wildman–Crippen LogP) is 0.573. The van der Waals surface area contributed by atoms with Gasteiger partial charge in [-0.3, -0.25) is 0 Å². The van der Waals surface area contributed by atoms with Crippen molar-refractivity contribution in [2.75, 3.05) is 0 Å². The quantitative estimate of drug-likeness (QED) is 0.619. The van der Waals surface area contributed by atoms with Crippen LogP contribution in [0.1, 0.15) is 17.5 Å². The Morgan fingerprint density at radius 1 is 1.24 bits per heavy atom. The van der Waals surface area contributed by atoms with Crippen LogP contribution < -0.4 is 0 Å². The van der Waals surface area contributed by atoms with Gasteiger partial charge in [-0.1, -0.05) is 18.2 Å². The van der Waals surface area contributed by atoms with Gasteiger partial charge < -0.3 is 14.6 Å². The van der Waals surface area contributed by atoms with Crippen LogP contribution in [0.15, 0.2) is 24.3 Å². The van der Waals surface area contributed by atoms with Gasteiger partial charge in [-0.05, 0) is 18.1 Å². The second-order valence-electron chi connectivity index (χ2n) is 3.65. The number of rotatable bonds is 4. The number of aryl methyl sites for hydroxylation is 1. The van der Waals surface area contributed by atoms with E-state index < -0.39 is 17.7 Å². The Morgan fingerprint density at radius 3 is 2.41 bits per heavy atom. The van der Waals surface area contributed by atoms with Crippen LogP contribution in [0.5, 0.6) is 0 Å². The van der Waals surface area contributed by atoms with Crippen molar-refractivity contribution >= 4 is 10.5 Å². The molecule has 17 heavy (non-hydrogen) atoms. The molecule has 0 saturated carbocycles. The van der Waals surface area contributed by atoms with Gasteiger partial charge in [-0.25, -0.2) is 0 Å². The third kappa shape index (κ3) is 4.47. The lowest BCUT2D eigenvalue weighted by Crippen LogP contribution is -2.31. The highest BCUT2D eigenvalue weighted by molar-refractivity contribution is 5.98. The summed E-state index contributed by atoms with van der Waals surface area (Å²) in [5.74, 6) is -2.25. The SMILES string of the molecule is OC(O)(CCc1cccc(C(F)(F)F)c1)O[SiH3]. The highest BCUT2D eigenvalue weighted by Crippen LogP contribution is 2.29. The molecule has 0 heterocycles. The van der Waals surface area contributed by atoms with Crippen LogP contribution in [0.3, 0.4) is 0 Å². The molecule has 3 nitrogen and oxygen atoms in total. The van der Waals surface area contributed by atoms with E-state index in [-0.39, 0.29) is 23.3 Å². The number of hydrogen-bond donors (Lipinski definition) is 2. The van der Waals surface area contributed by atoms with E-state index in [9.17, 15) is 13.2 Å². The molecule has 1 aromatic carbocycles. The molecule has 0 atom stereocenters. The van der Waals surface area contributed by atoms with Crippen molar-refractivity contribution in [1.82, 2.24) is 0 Å². The second kappa shape index (κ2) is 5.17. The van der Waals surface area contributed by atoms with E-state index in [1.807, 2.05) is 0 Å². The van der Waals surface area contributed by atoms with Gasteiger partial charge >= 0.3 is 6.18 Å². The first kappa shape index (κ1) is 14.2. The predicted molar refractivity (Wildman–Crippen MR) is 58.0 cm³/mol. The Hall–Kier alpha value is -0.893.